The number of nitrogens with one attached hydrogen (secondary N) is 1. The minimum Gasteiger partial charge on any atom is -0.437 e. The van der Waals surface area contributed by atoms with Crippen LogP contribution in [-0.4, -0.2) is 9.97 Å². The molecule has 0 saturated carbocycles. The summed E-state index contributed by atoms with van der Waals surface area (Å²) in [6.45, 7) is 0. The van der Waals surface area contributed by atoms with E-state index >= 15 is 0 Å². The summed E-state index contributed by atoms with van der Waals surface area (Å²) in [6.07, 6.45) is 2.94. The average molecular weight is 271 g/mol. The summed E-state index contributed by atoms with van der Waals surface area (Å²) in [6, 6.07) is 4.91. The van der Waals surface area contributed by atoms with Crippen LogP contribution in [0.2, 0.25) is 10.0 Å². The summed E-state index contributed by atoms with van der Waals surface area (Å²) < 4.78 is 5.44. The molecule has 1 aromatic heterocycles. The van der Waals surface area contributed by atoms with E-state index in [0.29, 0.717) is 27.5 Å². The largest absolute Gasteiger partial charge is 0.437 e. The molecule has 2 rings (SSSR count). The lowest BCUT2D eigenvalue weighted by molar-refractivity contribution is 0.461. The van der Waals surface area contributed by atoms with E-state index < -0.39 is 0 Å². The first-order valence-electron chi connectivity index (χ1n) is 4.60. The SMILES string of the molecule is NNc1cncc(Oc2ccc(Cl)c(Cl)c2)n1. The Morgan fingerprint density at radius 1 is 1.18 bits per heavy atom. The monoisotopic (exact) mass is 270 g/mol. The number of anilines is 1. The van der Waals surface area contributed by atoms with Gasteiger partial charge in [0.15, 0.2) is 5.82 Å². The van der Waals surface area contributed by atoms with Gasteiger partial charge in [-0.25, -0.2) is 5.84 Å². The lowest BCUT2D eigenvalue weighted by Crippen LogP contribution is -2.08. The van der Waals surface area contributed by atoms with Gasteiger partial charge in [-0.2, -0.15) is 4.98 Å². The van der Waals surface area contributed by atoms with Crippen LogP contribution in [0, 0.1) is 0 Å². The van der Waals surface area contributed by atoms with Gasteiger partial charge in [-0.3, -0.25) is 4.98 Å². The standard InChI is InChI=1S/C10H8Cl2N4O/c11-7-2-1-6(3-8(7)12)17-10-5-14-4-9(15-10)16-13/h1-5H,13H2,(H,15,16). The third-order valence-corrected chi connectivity index (χ3v) is 2.61. The van der Waals surface area contributed by atoms with Crippen LogP contribution >= 0.6 is 23.2 Å². The Kier molecular flexibility index (Phi) is 3.63. The van der Waals surface area contributed by atoms with Gasteiger partial charge in [-0.1, -0.05) is 23.2 Å². The molecule has 1 heterocycles. The van der Waals surface area contributed by atoms with Crippen molar-refractivity contribution in [1.29, 1.82) is 0 Å². The van der Waals surface area contributed by atoms with Crippen LogP contribution in [-0.2, 0) is 0 Å². The lowest BCUT2D eigenvalue weighted by Gasteiger charge is -2.06. The highest BCUT2D eigenvalue weighted by Gasteiger charge is 2.03. The molecular formula is C10H8Cl2N4O. The number of hydrazine groups is 1. The van der Waals surface area contributed by atoms with E-state index in [9.17, 15) is 0 Å². The molecule has 0 bridgehead atoms. The maximum Gasteiger partial charge on any atom is 0.239 e. The molecule has 88 valence electrons. The van der Waals surface area contributed by atoms with Gasteiger partial charge < -0.3 is 10.2 Å². The average Bonchev–Trinajstić information content (AvgIpc) is 2.34. The molecule has 0 radical (unpaired) electrons. The summed E-state index contributed by atoms with van der Waals surface area (Å²) in [7, 11) is 0. The molecule has 2 aromatic rings. The van der Waals surface area contributed by atoms with Crippen molar-refractivity contribution >= 4 is 29.0 Å². The number of ether oxygens (including phenoxy) is 1. The molecule has 0 unspecified atom stereocenters. The number of halogens is 2. The number of hydrogen-bond acceptors (Lipinski definition) is 5. The highest BCUT2D eigenvalue weighted by atomic mass is 35.5. The zero-order valence-corrected chi connectivity index (χ0v) is 10.0. The van der Waals surface area contributed by atoms with Crippen molar-refractivity contribution in [2.45, 2.75) is 0 Å². The molecule has 0 atom stereocenters. The summed E-state index contributed by atoms with van der Waals surface area (Å²) in [5, 5.41) is 0.868. The van der Waals surface area contributed by atoms with Crippen LogP contribution in [0.3, 0.4) is 0 Å². The van der Waals surface area contributed by atoms with Gasteiger partial charge in [-0.15, -0.1) is 0 Å². The van der Waals surface area contributed by atoms with Crippen LogP contribution in [0.15, 0.2) is 30.6 Å². The van der Waals surface area contributed by atoms with Crippen molar-refractivity contribution in [3.05, 3.63) is 40.6 Å². The smallest absolute Gasteiger partial charge is 0.239 e. The van der Waals surface area contributed by atoms with E-state index in [2.05, 4.69) is 15.4 Å². The molecular weight excluding hydrogens is 263 g/mol. The number of nitrogens with two attached hydrogens (primary N) is 1. The van der Waals surface area contributed by atoms with Crippen molar-refractivity contribution in [2.24, 2.45) is 5.84 Å². The second-order valence-corrected chi connectivity index (χ2v) is 3.88. The van der Waals surface area contributed by atoms with Crippen LogP contribution in [0.5, 0.6) is 11.6 Å². The molecule has 0 aliphatic carbocycles. The van der Waals surface area contributed by atoms with E-state index in [1.54, 1.807) is 18.2 Å². The minimum atomic E-state index is 0.304. The number of rotatable bonds is 3. The Morgan fingerprint density at radius 3 is 2.71 bits per heavy atom. The van der Waals surface area contributed by atoms with Crippen molar-refractivity contribution < 1.29 is 4.74 Å². The molecule has 0 aliphatic heterocycles. The number of aromatic nitrogens is 2. The zero-order valence-electron chi connectivity index (χ0n) is 8.52. The van der Waals surface area contributed by atoms with Gasteiger partial charge in [0.2, 0.25) is 5.88 Å². The Hall–Kier alpha value is -1.56. The van der Waals surface area contributed by atoms with E-state index in [0.717, 1.165) is 0 Å². The summed E-state index contributed by atoms with van der Waals surface area (Å²) >= 11 is 11.6. The van der Waals surface area contributed by atoms with E-state index in [4.69, 9.17) is 33.8 Å². The van der Waals surface area contributed by atoms with E-state index in [-0.39, 0.29) is 0 Å². The van der Waals surface area contributed by atoms with Crippen LogP contribution in [0.1, 0.15) is 0 Å². The van der Waals surface area contributed by atoms with Crippen molar-refractivity contribution in [3.8, 4) is 11.6 Å². The summed E-state index contributed by atoms with van der Waals surface area (Å²) in [5.74, 6) is 6.44. The van der Waals surface area contributed by atoms with Gasteiger partial charge in [0.1, 0.15) is 5.75 Å². The fourth-order valence-electron chi connectivity index (χ4n) is 1.13. The summed E-state index contributed by atoms with van der Waals surface area (Å²) in [4.78, 5) is 7.94. The number of hydrogen-bond donors (Lipinski definition) is 2. The number of nitrogen functional groups attached to an aromatic ring is 1. The second-order valence-electron chi connectivity index (χ2n) is 3.06. The van der Waals surface area contributed by atoms with E-state index in [1.165, 1.54) is 12.4 Å². The molecule has 0 aliphatic rings. The highest BCUT2D eigenvalue weighted by Crippen LogP contribution is 2.28. The summed E-state index contributed by atoms with van der Waals surface area (Å²) in [5.41, 5.74) is 2.37. The van der Waals surface area contributed by atoms with Gasteiger partial charge in [0, 0.05) is 6.07 Å². The molecule has 17 heavy (non-hydrogen) atoms. The van der Waals surface area contributed by atoms with Crippen LogP contribution in [0.4, 0.5) is 5.82 Å². The Labute approximate surface area is 108 Å². The fourth-order valence-corrected chi connectivity index (χ4v) is 1.42. The molecule has 0 spiro atoms. The number of nitrogens with zero attached hydrogens (tertiary/aromatic N) is 2. The Morgan fingerprint density at radius 2 is 2.00 bits per heavy atom. The first kappa shape index (κ1) is 11.9. The third kappa shape index (κ3) is 2.97. The normalized spacial score (nSPS) is 10.1. The van der Waals surface area contributed by atoms with Crippen molar-refractivity contribution in [3.63, 3.8) is 0 Å². The van der Waals surface area contributed by atoms with Crippen molar-refractivity contribution in [2.75, 3.05) is 5.43 Å². The molecule has 3 N–H and O–H groups in total. The third-order valence-electron chi connectivity index (χ3n) is 1.87. The molecule has 0 fully saturated rings. The molecule has 0 saturated heterocycles. The Balaban J connectivity index is 2.22. The van der Waals surface area contributed by atoms with Gasteiger partial charge in [0.25, 0.3) is 0 Å². The van der Waals surface area contributed by atoms with Gasteiger partial charge in [0.05, 0.1) is 22.4 Å². The first-order chi connectivity index (χ1) is 8.19. The zero-order chi connectivity index (χ0) is 12.3. The lowest BCUT2D eigenvalue weighted by atomic mass is 10.3. The maximum absolute atomic E-state index is 5.86. The second kappa shape index (κ2) is 5.18. The van der Waals surface area contributed by atoms with Gasteiger partial charge >= 0.3 is 0 Å². The topological polar surface area (TPSA) is 73.1 Å². The fraction of sp³-hybridized carbons (Fsp3) is 0. The molecule has 5 nitrogen and oxygen atoms in total. The van der Waals surface area contributed by atoms with Crippen LogP contribution < -0.4 is 16.0 Å². The molecule has 0 amide bonds. The van der Waals surface area contributed by atoms with Crippen LogP contribution in [0.25, 0.3) is 0 Å². The quantitative estimate of drug-likeness (QED) is 0.663. The maximum atomic E-state index is 5.86. The molecule has 7 heteroatoms. The van der Waals surface area contributed by atoms with Crippen molar-refractivity contribution in [1.82, 2.24) is 9.97 Å². The Bertz CT molecular complexity index is 535. The number of benzene rings is 1. The van der Waals surface area contributed by atoms with E-state index in [1.807, 2.05) is 0 Å². The first-order valence-corrected chi connectivity index (χ1v) is 5.36. The predicted molar refractivity (Wildman–Crippen MR) is 66.4 cm³/mol. The highest BCUT2D eigenvalue weighted by molar-refractivity contribution is 6.42. The molecule has 1 aromatic carbocycles. The van der Waals surface area contributed by atoms with Gasteiger partial charge in [-0.05, 0) is 12.1 Å². The predicted octanol–water partition coefficient (Wildman–Crippen LogP) is 2.86. The minimum absolute atomic E-state index is 0.304.